The van der Waals surface area contributed by atoms with E-state index in [2.05, 4.69) is 15.8 Å². The summed E-state index contributed by atoms with van der Waals surface area (Å²) in [5.74, 6) is 3.09. The average Bonchev–Trinajstić information content (AvgIpc) is 2.15. The highest BCUT2D eigenvalue weighted by molar-refractivity contribution is 5.91. The molecule has 5 nitrogen and oxygen atoms in total. The molecule has 2 N–H and O–H groups in total. The number of nitrogens with zero attached hydrogens (tertiary/aromatic N) is 3. The van der Waals surface area contributed by atoms with Crippen LogP contribution in [0.5, 0.6) is 0 Å². The first kappa shape index (κ1) is 10.4. The summed E-state index contributed by atoms with van der Waals surface area (Å²) < 4.78 is 35.8. The summed E-state index contributed by atoms with van der Waals surface area (Å²) in [4.78, 5) is 17.8. The average molecular weight is 206 g/mol. The van der Waals surface area contributed by atoms with E-state index in [0.717, 1.165) is 18.6 Å². The second-order valence-electron chi connectivity index (χ2n) is 2.24. The van der Waals surface area contributed by atoms with Crippen LogP contribution in [0, 0.1) is 0 Å². The van der Waals surface area contributed by atoms with Crippen molar-refractivity contribution in [1.82, 2.24) is 15.0 Å². The molecule has 0 saturated heterocycles. The second kappa shape index (κ2) is 3.58. The Balaban J connectivity index is 2.87. The Bertz CT molecular complexity index is 326. The van der Waals surface area contributed by atoms with Crippen LogP contribution < -0.4 is 5.84 Å². The molecule has 0 aliphatic heterocycles. The zero-order valence-electron chi connectivity index (χ0n) is 6.69. The standard InChI is InChI=1S/C6H5F3N4O/c7-6(8,9)13(10)5(14)4-1-2-11-3-12-4/h1-3H,10H2. The van der Waals surface area contributed by atoms with Crippen molar-refractivity contribution in [2.45, 2.75) is 6.30 Å². The van der Waals surface area contributed by atoms with Crippen molar-refractivity contribution in [2.75, 3.05) is 0 Å². The third-order valence-corrected chi connectivity index (χ3v) is 1.29. The van der Waals surface area contributed by atoms with E-state index in [0.29, 0.717) is 0 Å². The highest BCUT2D eigenvalue weighted by atomic mass is 19.4. The molecule has 0 aliphatic rings. The molecule has 76 valence electrons. The van der Waals surface area contributed by atoms with E-state index >= 15 is 0 Å². The van der Waals surface area contributed by atoms with Crippen LogP contribution in [0.4, 0.5) is 13.2 Å². The molecule has 0 atom stereocenters. The van der Waals surface area contributed by atoms with Crippen molar-refractivity contribution in [3.05, 3.63) is 24.3 Å². The zero-order chi connectivity index (χ0) is 10.8. The van der Waals surface area contributed by atoms with Crippen LogP contribution in [0.15, 0.2) is 18.6 Å². The lowest BCUT2D eigenvalue weighted by atomic mass is 10.4. The molecule has 0 unspecified atom stereocenters. The molecule has 0 aromatic carbocycles. The maximum Gasteiger partial charge on any atom is 0.501 e. The number of nitrogens with two attached hydrogens (primary N) is 1. The van der Waals surface area contributed by atoms with Gasteiger partial charge in [-0.25, -0.2) is 15.8 Å². The van der Waals surface area contributed by atoms with E-state index in [9.17, 15) is 18.0 Å². The molecule has 0 saturated carbocycles. The second-order valence-corrected chi connectivity index (χ2v) is 2.24. The third-order valence-electron chi connectivity index (χ3n) is 1.29. The molecular weight excluding hydrogens is 201 g/mol. The molecule has 0 bridgehead atoms. The largest absolute Gasteiger partial charge is 0.501 e. The Morgan fingerprint density at radius 1 is 1.50 bits per heavy atom. The molecule has 1 aromatic rings. The van der Waals surface area contributed by atoms with Crippen LogP contribution >= 0.6 is 0 Å². The summed E-state index contributed by atoms with van der Waals surface area (Å²) in [6.07, 6.45) is -2.82. The number of aromatic nitrogens is 2. The monoisotopic (exact) mass is 206 g/mol. The van der Waals surface area contributed by atoms with Crippen LogP contribution in [0.3, 0.4) is 0 Å². The molecular formula is C6H5F3N4O. The topological polar surface area (TPSA) is 72.1 Å². The molecule has 1 amide bonds. The predicted molar refractivity (Wildman–Crippen MR) is 38.4 cm³/mol. The minimum Gasteiger partial charge on any atom is -0.266 e. The molecule has 0 spiro atoms. The molecule has 1 rings (SSSR count). The van der Waals surface area contributed by atoms with E-state index in [1.807, 2.05) is 0 Å². The van der Waals surface area contributed by atoms with Crippen LogP contribution in [-0.2, 0) is 0 Å². The summed E-state index contributed by atoms with van der Waals surface area (Å²) in [6.45, 7) is 0. The van der Waals surface area contributed by atoms with Gasteiger partial charge in [0, 0.05) is 6.20 Å². The normalized spacial score (nSPS) is 11.1. The van der Waals surface area contributed by atoms with Gasteiger partial charge in [0.1, 0.15) is 12.0 Å². The maximum absolute atomic E-state index is 11.9. The zero-order valence-corrected chi connectivity index (χ0v) is 6.69. The lowest BCUT2D eigenvalue weighted by Crippen LogP contribution is -2.48. The number of hydrogen-bond acceptors (Lipinski definition) is 4. The molecule has 1 aromatic heterocycles. The van der Waals surface area contributed by atoms with Gasteiger partial charge in [-0.15, -0.1) is 13.2 Å². The first-order valence-electron chi connectivity index (χ1n) is 3.35. The minimum absolute atomic E-state index is 0.417. The Kier molecular flexibility index (Phi) is 2.65. The predicted octanol–water partition coefficient (Wildman–Crippen LogP) is 0.312. The van der Waals surface area contributed by atoms with Gasteiger partial charge in [0.25, 0.3) is 5.91 Å². The number of amides is 1. The van der Waals surface area contributed by atoms with Gasteiger partial charge in [-0.2, -0.15) is 5.01 Å². The van der Waals surface area contributed by atoms with Crippen LogP contribution in [-0.4, -0.2) is 27.2 Å². The van der Waals surface area contributed by atoms with Crippen molar-refractivity contribution in [2.24, 2.45) is 5.84 Å². The van der Waals surface area contributed by atoms with Gasteiger partial charge < -0.3 is 0 Å². The van der Waals surface area contributed by atoms with E-state index in [1.54, 1.807) is 0 Å². The smallest absolute Gasteiger partial charge is 0.266 e. The van der Waals surface area contributed by atoms with Crippen LogP contribution in [0.2, 0.25) is 0 Å². The summed E-state index contributed by atoms with van der Waals surface area (Å²) in [6, 6.07) is 1.04. The Morgan fingerprint density at radius 2 is 2.14 bits per heavy atom. The Labute approximate surface area is 76.3 Å². The van der Waals surface area contributed by atoms with E-state index < -0.39 is 22.9 Å². The van der Waals surface area contributed by atoms with Gasteiger partial charge in [0.15, 0.2) is 0 Å². The highest BCUT2D eigenvalue weighted by Crippen LogP contribution is 2.18. The summed E-state index contributed by atoms with van der Waals surface area (Å²) >= 11 is 0. The van der Waals surface area contributed by atoms with Gasteiger partial charge in [-0.3, -0.25) is 4.79 Å². The van der Waals surface area contributed by atoms with Crippen molar-refractivity contribution >= 4 is 5.91 Å². The van der Waals surface area contributed by atoms with Gasteiger partial charge in [-0.1, -0.05) is 0 Å². The minimum atomic E-state index is -4.91. The first-order chi connectivity index (χ1) is 6.43. The van der Waals surface area contributed by atoms with Crippen molar-refractivity contribution < 1.29 is 18.0 Å². The lowest BCUT2D eigenvalue weighted by molar-refractivity contribution is -0.226. The fourth-order valence-corrected chi connectivity index (χ4v) is 0.656. The molecule has 8 heteroatoms. The van der Waals surface area contributed by atoms with E-state index in [1.165, 1.54) is 0 Å². The van der Waals surface area contributed by atoms with Crippen molar-refractivity contribution in [3.63, 3.8) is 0 Å². The summed E-state index contributed by atoms with van der Waals surface area (Å²) in [5.41, 5.74) is -0.417. The van der Waals surface area contributed by atoms with E-state index in [4.69, 9.17) is 0 Å². The molecule has 14 heavy (non-hydrogen) atoms. The SMILES string of the molecule is NN(C(=O)c1ccncn1)C(F)(F)F. The van der Waals surface area contributed by atoms with Crippen LogP contribution in [0.25, 0.3) is 0 Å². The van der Waals surface area contributed by atoms with Crippen molar-refractivity contribution in [1.29, 1.82) is 0 Å². The van der Waals surface area contributed by atoms with Crippen molar-refractivity contribution in [3.8, 4) is 0 Å². The lowest BCUT2D eigenvalue weighted by Gasteiger charge is -2.18. The number of hydrogen-bond donors (Lipinski definition) is 1. The van der Waals surface area contributed by atoms with Gasteiger partial charge >= 0.3 is 6.30 Å². The fourth-order valence-electron chi connectivity index (χ4n) is 0.656. The highest BCUT2D eigenvalue weighted by Gasteiger charge is 2.39. The summed E-state index contributed by atoms with van der Waals surface area (Å²) in [7, 11) is 0. The molecule has 0 fully saturated rings. The molecule has 0 radical (unpaired) electrons. The van der Waals surface area contributed by atoms with E-state index in [-0.39, 0.29) is 0 Å². The Morgan fingerprint density at radius 3 is 2.57 bits per heavy atom. The van der Waals surface area contributed by atoms with Gasteiger partial charge in [-0.05, 0) is 6.07 Å². The number of carbonyl (C=O) groups is 1. The Hall–Kier alpha value is -1.70. The molecule has 1 heterocycles. The maximum atomic E-state index is 11.9. The number of halogens is 3. The van der Waals surface area contributed by atoms with Gasteiger partial charge in [0.05, 0.1) is 0 Å². The number of rotatable bonds is 1. The first-order valence-corrected chi connectivity index (χ1v) is 3.35. The number of alkyl halides is 3. The van der Waals surface area contributed by atoms with Gasteiger partial charge in [0.2, 0.25) is 0 Å². The summed E-state index contributed by atoms with van der Waals surface area (Å²) in [5, 5.41) is -0.838. The number of carbonyl (C=O) groups excluding carboxylic acids is 1. The number of hydrazine groups is 1. The quantitative estimate of drug-likeness (QED) is 0.310. The molecule has 0 aliphatic carbocycles. The van der Waals surface area contributed by atoms with Crippen LogP contribution in [0.1, 0.15) is 10.5 Å². The third kappa shape index (κ3) is 2.16. The fraction of sp³-hybridized carbons (Fsp3) is 0.167.